The van der Waals surface area contributed by atoms with Gasteiger partial charge in [-0.15, -0.1) is 0 Å². The molecule has 0 saturated carbocycles. The summed E-state index contributed by atoms with van der Waals surface area (Å²) < 4.78 is 17.4. The number of carbonyl (C=O) groups excluding carboxylic acids is 1. The summed E-state index contributed by atoms with van der Waals surface area (Å²) in [4.78, 5) is 12.2. The fourth-order valence-electron chi connectivity index (χ4n) is 3.09. The zero-order valence-electron chi connectivity index (χ0n) is 12.0. The van der Waals surface area contributed by atoms with Crippen LogP contribution < -0.4 is 0 Å². The molecule has 4 atom stereocenters. The molecule has 2 saturated heterocycles. The first kappa shape index (κ1) is 15.3. The van der Waals surface area contributed by atoms with E-state index in [2.05, 4.69) is 22.6 Å². The molecule has 0 amide bonds. The number of rotatable bonds is 4. The van der Waals surface area contributed by atoms with E-state index in [9.17, 15) is 4.79 Å². The molecule has 0 aromatic heterocycles. The second-order valence-electron chi connectivity index (χ2n) is 5.70. The molecule has 2 aliphatic heterocycles. The summed E-state index contributed by atoms with van der Waals surface area (Å²) in [6, 6.07) is 9.76. The number of benzene rings is 1. The van der Waals surface area contributed by atoms with Crippen LogP contribution in [0.1, 0.15) is 18.4 Å². The van der Waals surface area contributed by atoms with Gasteiger partial charge in [0.25, 0.3) is 0 Å². The fraction of sp³-hybridized carbons (Fsp3) is 0.533. The van der Waals surface area contributed by atoms with Crippen molar-refractivity contribution < 1.29 is 19.0 Å². The van der Waals surface area contributed by atoms with Crippen LogP contribution in [0, 0.1) is 0 Å². The maximum Gasteiger partial charge on any atom is 0.309 e. The first-order valence-corrected chi connectivity index (χ1v) is 8.48. The molecule has 6 heteroatoms. The Morgan fingerprint density at radius 2 is 2.19 bits per heavy atom. The number of alkyl halides is 1. The number of hydrogen-bond donors (Lipinski definition) is 0. The average molecular weight is 400 g/mol. The molecule has 0 radical (unpaired) electrons. The van der Waals surface area contributed by atoms with Crippen LogP contribution in [-0.2, 0) is 25.6 Å². The van der Waals surface area contributed by atoms with Crippen LogP contribution in [0.2, 0.25) is 0 Å². The molecule has 0 N–H and O–H groups in total. The van der Waals surface area contributed by atoms with Gasteiger partial charge < -0.3 is 14.2 Å². The Morgan fingerprint density at radius 3 is 2.95 bits per heavy atom. The highest BCUT2D eigenvalue weighted by molar-refractivity contribution is 14.1. The van der Waals surface area contributed by atoms with Crippen LogP contribution in [0.5, 0.6) is 0 Å². The topological polar surface area (TPSA) is 44.8 Å². The Morgan fingerprint density at radius 1 is 1.43 bits per heavy atom. The van der Waals surface area contributed by atoms with Crippen LogP contribution in [0.3, 0.4) is 0 Å². The molecule has 1 unspecified atom stereocenters. The van der Waals surface area contributed by atoms with Gasteiger partial charge in [-0.25, -0.2) is 0 Å². The summed E-state index contributed by atoms with van der Waals surface area (Å²) >= 11 is 2.35. The van der Waals surface area contributed by atoms with Crippen molar-refractivity contribution in [2.24, 2.45) is 0 Å². The summed E-state index contributed by atoms with van der Waals surface area (Å²) in [5.74, 6) is -0.199. The average Bonchev–Trinajstić information content (AvgIpc) is 2.62. The quantitative estimate of drug-likeness (QED) is 0.332. The summed E-state index contributed by atoms with van der Waals surface area (Å²) in [5, 5.41) is 0. The Balaban J connectivity index is 1.59. The van der Waals surface area contributed by atoms with Gasteiger partial charge in [0.1, 0.15) is 14.5 Å². The molecular formula is C15H18BIO4. The number of carbonyl (C=O) groups is 1. The monoisotopic (exact) mass is 400 g/mol. The summed E-state index contributed by atoms with van der Waals surface area (Å²) in [7, 11) is 2.01. The third-order valence-corrected chi connectivity index (χ3v) is 6.04. The number of esters is 1. The highest BCUT2D eigenvalue weighted by atomic mass is 127. The molecule has 112 valence electrons. The Labute approximate surface area is 139 Å². The summed E-state index contributed by atoms with van der Waals surface area (Å²) in [6.07, 6.45) is 1.14. The van der Waals surface area contributed by atoms with Gasteiger partial charge in [-0.3, -0.25) is 4.79 Å². The lowest BCUT2D eigenvalue weighted by Gasteiger charge is -2.35. The minimum Gasteiger partial charge on any atom is -0.461 e. The number of fused-ring (bicyclic) bond motifs is 2. The number of ether oxygens (including phenoxy) is 3. The minimum atomic E-state index is -0.420. The van der Waals surface area contributed by atoms with Gasteiger partial charge in [0.2, 0.25) is 0 Å². The normalized spacial score (nSPS) is 34.6. The molecule has 21 heavy (non-hydrogen) atoms. The Hall–Kier alpha value is -0.595. The Kier molecular flexibility index (Phi) is 4.56. The van der Waals surface area contributed by atoms with Gasteiger partial charge in [0.05, 0.1) is 28.1 Å². The molecule has 3 rings (SSSR count). The van der Waals surface area contributed by atoms with Gasteiger partial charge in [-0.1, -0.05) is 52.9 Å². The summed E-state index contributed by atoms with van der Waals surface area (Å²) in [5.41, 5.74) is 0.580. The second kappa shape index (κ2) is 6.26. The van der Waals surface area contributed by atoms with Crippen molar-refractivity contribution in [3.8, 4) is 0 Å². The van der Waals surface area contributed by atoms with Gasteiger partial charge >= 0.3 is 5.97 Å². The van der Waals surface area contributed by atoms with Crippen molar-refractivity contribution in [2.75, 3.05) is 6.61 Å². The van der Waals surface area contributed by atoms with Crippen LogP contribution in [0.15, 0.2) is 30.3 Å². The third-order valence-electron chi connectivity index (χ3n) is 4.20. The zero-order chi connectivity index (χ0) is 14.9. The van der Waals surface area contributed by atoms with Crippen molar-refractivity contribution in [1.82, 2.24) is 0 Å². The van der Waals surface area contributed by atoms with Gasteiger partial charge in [0.15, 0.2) is 0 Å². The molecule has 1 aromatic rings. The zero-order valence-corrected chi connectivity index (χ0v) is 14.1. The van der Waals surface area contributed by atoms with E-state index >= 15 is 0 Å². The van der Waals surface area contributed by atoms with Crippen molar-refractivity contribution in [1.29, 1.82) is 0 Å². The molecule has 4 nitrogen and oxygen atoms in total. The first-order chi connectivity index (χ1) is 10.1. The van der Waals surface area contributed by atoms with Crippen LogP contribution in [-0.4, -0.2) is 42.1 Å². The molecule has 2 fully saturated rings. The maximum atomic E-state index is 12.2. The van der Waals surface area contributed by atoms with Gasteiger partial charge in [0, 0.05) is 13.0 Å². The predicted molar refractivity (Wildman–Crippen MR) is 89.2 cm³/mol. The van der Waals surface area contributed by atoms with Crippen LogP contribution in [0.4, 0.5) is 0 Å². The van der Waals surface area contributed by atoms with E-state index in [-0.39, 0.29) is 22.0 Å². The standard InChI is InChI=1S/C15H18BIO4/c16-14-12-13(17)15(21-14,6-7-19-12)8-11(18)20-9-10-4-2-1-3-5-10/h1-5,12-14H,6-9,16H2/t12?,13-,14-,15-/m1/s1. The van der Waals surface area contributed by atoms with Crippen LogP contribution >= 0.6 is 22.6 Å². The van der Waals surface area contributed by atoms with E-state index in [1.807, 2.05) is 38.2 Å². The van der Waals surface area contributed by atoms with Crippen molar-refractivity contribution >= 4 is 36.4 Å². The lowest BCUT2D eigenvalue weighted by molar-refractivity contribution is -0.152. The summed E-state index contributed by atoms with van der Waals surface area (Å²) in [6.45, 7) is 0.970. The second-order valence-corrected chi connectivity index (χ2v) is 7.04. The van der Waals surface area contributed by atoms with E-state index in [1.165, 1.54) is 0 Å². The SMILES string of the molecule is B[C@@H]1O[C@@]2(CC(=O)OCc3ccccc3)CCOC1[C@H]2I. The maximum absolute atomic E-state index is 12.2. The molecule has 0 aliphatic carbocycles. The molecule has 2 bridgehead atoms. The minimum absolute atomic E-state index is 0.0383. The highest BCUT2D eigenvalue weighted by Gasteiger charge is 2.56. The first-order valence-electron chi connectivity index (χ1n) is 7.24. The lowest BCUT2D eigenvalue weighted by atomic mass is 9.86. The fourth-order valence-corrected chi connectivity index (χ4v) is 4.56. The van der Waals surface area contributed by atoms with Gasteiger partial charge in [-0.05, 0) is 5.56 Å². The number of halogens is 1. The highest BCUT2D eigenvalue weighted by Crippen LogP contribution is 2.45. The molecule has 0 spiro atoms. The molecule has 2 heterocycles. The molecular weight excluding hydrogens is 382 g/mol. The molecule has 1 aromatic carbocycles. The van der Waals surface area contributed by atoms with E-state index in [0.29, 0.717) is 19.6 Å². The van der Waals surface area contributed by atoms with E-state index < -0.39 is 5.60 Å². The van der Waals surface area contributed by atoms with E-state index in [4.69, 9.17) is 14.2 Å². The van der Waals surface area contributed by atoms with Crippen molar-refractivity contribution in [3.05, 3.63) is 35.9 Å². The number of hydrogen-bond acceptors (Lipinski definition) is 4. The van der Waals surface area contributed by atoms with Crippen LogP contribution in [0.25, 0.3) is 0 Å². The van der Waals surface area contributed by atoms with Gasteiger partial charge in [-0.2, -0.15) is 0 Å². The third kappa shape index (κ3) is 3.12. The molecule has 2 aliphatic rings. The van der Waals surface area contributed by atoms with Crippen molar-refractivity contribution in [2.45, 2.75) is 41.1 Å². The van der Waals surface area contributed by atoms with E-state index in [0.717, 1.165) is 12.0 Å². The van der Waals surface area contributed by atoms with Crippen molar-refractivity contribution in [3.63, 3.8) is 0 Å². The smallest absolute Gasteiger partial charge is 0.309 e. The van der Waals surface area contributed by atoms with E-state index in [1.54, 1.807) is 0 Å². The largest absolute Gasteiger partial charge is 0.461 e. The Bertz CT molecular complexity index is 512. The predicted octanol–water partition coefficient (Wildman–Crippen LogP) is 1.44. The lowest BCUT2D eigenvalue weighted by Crippen LogP contribution is -2.47.